The number of aromatic nitrogens is 1. The third-order valence-electron chi connectivity index (χ3n) is 3.76. The number of hydrogen-bond acceptors (Lipinski definition) is 3. The lowest BCUT2D eigenvalue weighted by atomic mass is 10.0. The van der Waals surface area contributed by atoms with Crippen LogP contribution in [0.4, 0.5) is 0 Å². The van der Waals surface area contributed by atoms with Crippen LogP contribution >= 0.6 is 11.8 Å². The van der Waals surface area contributed by atoms with Crippen molar-refractivity contribution >= 4 is 11.8 Å². The van der Waals surface area contributed by atoms with Gasteiger partial charge >= 0.3 is 0 Å². The van der Waals surface area contributed by atoms with Crippen LogP contribution in [0, 0.1) is 0 Å². The zero-order valence-corrected chi connectivity index (χ0v) is 13.0. The van der Waals surface area contributed by atoms with Crippen molar-refractivity contribution in [2.24, 2.45) is 0 Å². The summed E-state index contributed by atoms with van der Waals surface area (Å²) >= 11 is 2.02. The molecule has 2 nitrogen and oxygen atoms in total. The van der Waals surface area contributed by atoms with Crippen molar-refractivity contribution in [3.63, 3.8) is 0 Å². The minimum Gasteiger partial charge on any atom is -0.309 e. The van der Waals surface area contributed by atoms with Crippen LogP contribution in [0.15, 0.2) is 23.2 Å². The van der Waals surface area contributed by atoms with Crippen LogP contribution in [0.1, 0.15) is 64.1 Å². The van der Waals surface area contributed by atoms with Gasteiger partial charge in [0.2, 0.25) is 0 Å². The Morgan fingerprint density at radius 2 is 2.11 bits per heavy atom. The van der Waals surface area contributed by atoms with Gasteiger partial charge in [-0.2, -0.15) is 0 Å². The van der Waals surface area contributed by atoms with Gasteiger partial charge in [-0.25, -0.2) is 0 Å². The Balaban J connectivity index is 1.86. The van der Waals surface area contributed by atoms with E-state index in [0.717, 1.165) is 17.5 Å². The van der Waals surface area contributed by atoms with Crippen LogP contribution in [-0.4, -0.2) is 16.8 Å². The molecule has 0 aromatic carbocycles. The zero-order chi connectivity index (χ0) is 13.5. The maximum Gasteiger partial charge on any atom is 0.0571 e. The van der Waals surface area contributed by atoms with E-state index in [1.54, 1.807) is 0 Å². The van der Waals surface area contributed by atoms with Crippen molar-refractivity contribution in [3.05, 3.63) is 24.0 Å². The monoisotopic (exact) mass is 278 g/mol. The molecule has 1 aliphatic rings. The van der Waals surface area contributed by atoms with Gasteiger partial charge in [-0.05, 0) is 44.9 Å². The van der Waals surface area contributed by atoms with Crippen LogP contribution in [0.3, 0.4) is 0 Å². The minimum atomic E-state index is 0.355. The lowest BCUT2D eigenvalue weighted by Gasteiger charge is -2.21. The molecule has 19 heavy (non-hydrogen) atoms. The summed E-state index contributed by atoms with van der Waals surface area (Å²) in [5.74, 6) is 0. The van der Waals surface area contributed by atoms with Crippen LogP contribution in [-0.2, 0) is 0 Å². The highest BCUT2D eigenvalue weighted by molar-refractivity contribution is 8.00. The number of nitrogens with one attached hydrogen (secondary N) is 1. The smallest absolute Gasteiger partial charge is 0.0571 e. The maximum atomic E-state index is 4.61. The molecular formula is C16H26N2S. The molecule has 1 aromatic heterocycles. The van der Waals surface area contributed by atoms with E-state index in [-0.39, 0.29) is 0 Å². The van der Waals surface area contributed by atoms with Crippen molar-refractivity contribution in [2.75, 3.05) is 6.54 Å². The van der Waals surface area contributed by atoms with E-state index in [1.807, 2.05) is 11.8 Å². The summed E-state index contributed by atoms with van der Waals surface area (Å²) in [6, 6.07) is 4.78. The fraction of sp³-hybridized carbons (Fsp3) is 0.688. The molecule has 0 aliphatic heterocycles. The molecule has 0 bridgehead atoms. The first-order valence-corrected chi connectivity index (χ1v) is 8.53. The van der Waals surface area contributed by atoms with Crippen molar-refractivity contribution < 1.29 is 0 Å². The third-order valence-corrected chi connectivity index (χ3v) is 5.08. The average Bonchev–Trinajstić information content (AvgIpc) is 2.46. The van der Waals surface area contributed by atoms with E-state index < -0.39 is 0 Å². The maximum absolute atomic E-state index is 4.61. The summed E-state index contributed by atoms with van der Waals surface area (Å²) in [7, 11) is 0. The van der Waals surface area contributed by atoms with Gasteiger partial charge in [0.25, 0.3) is 0 Å². The second-order valence-electron chi connectivity index (χ2n) is 5.47. The molecule has 0 saturated heterocycles. The molecule has 3 heteroatoms. The van der Waals surface area contributed by atoms with E-state index in [1.165, 1.54) is 43.4 Å². The molecular weight excluding hydrogens is 252 g/mol. The van der Waals surface area contributed by atoms with E-state index in [0.29, 0.717) is 6.04 Å². The Labute approximate surface area is 121 Å². The molecule has 0 spiro atoms. The second-order valence-corrected chi connectivity index (χ2v) is 6.85. The lowest BCUT2D eigenvalue weighted by molar-refractivity contribution is 0.516. The van der Waals surface area contributed by atoms with Gasteiger partial charge < -0.3 is 5.32 Å². The minimum absolute atomic E-state index is 0.355. The lowest BCUT2D eigenvalue weighted by Crippen LogP contribution is -2.20. The highest BCUT2D eigenvalue weighted by atomic mass is 32.2. The molecule has 2 rings (SSSR count). The number of pyridine rings is 1. The predicted molar refractivity (Wildman–Crippen MR) is 83.7 cm³/mol. The molecule has 0 radical (unpaired) electrons. The first-order chi connectivity index (χ1) is 9.29. The van der Waals surface area contributed by atoms with Crippen molar-refractivity contribution in [1.29, 1.82) is 0 Å². The number of rotatable bonds is 6. The summed E-state index contributed by atoms with van der Waals surface area (Å²) in [5.41, 5.74) is 1.15. The summed E-state index contributed by atoms with van der Waals surface area (Å²) < 4.78 is 0. The standard InChI is InChI=1S/C16H26N2S/c1-3-11-17-13(2)16-10-9-15(12-18-16)19-14-7-5-4-6-8-14/h9-10,12-14,17H,3-8,11H2,1-2H3. The molecule has 1 unspecified atom stereocenters. The Morgan fingerprint density at radius 3 is 2.74 bits per heavy atom. The van der Waals surface area contributed by atoms with Gasteiger partial charge in [-0.1, -0.05) is 26.2 Å². The Kier molecular flexibility index (Phi) is 6.18. The molecule has 0 amide bonds. The van der Waals surface area contributed by atoms with Gasteiger partial charge in [0.05, 0.1) is 5.69 Å². The van der Waals surface area contributed by atoms with Crippen LogP contribution in [0.2, 0.25) is 0 Å². The first-order valence-electron chi connectivity index (χ1n) is 7.65. The van der Waals surface area contributed by atoms with E-state index in [4.69, 9.17) is 0 Å². The fourth-order valence-electron chi connectivity index (χ4n) is 2.56. The third kappa shape index (κ3) is 4.81. The summed E-state index contributed by atoms with van der Waals surface area (Å²) in [5, 5.41) is 4.30. The summed E-state index contributed by atoms with van der Waals surface area (Å²) in [6.45, 7) is 5.43. The Morgan fingerprint density at radius 1 is 1.32 bits per heavy atom. The van der Waals surface area contributed by atoms with Gasteiger partial charge in [0, 0.05) is 22.4 Å². The van der Waals surface area contributed by atoms with Crippen molar-refractivity contribution in [1.82, 2.24) is 10.3 Å². The second kappa shape index (κ2) is 7.91. The molecule has 1 atom stereocenters. The quantitative estimate of drug-likeness (QED) is 0.825. The molecule has 1 fully saturated rings. The average molecular weight is 278 g/mol. The number of hydrogen-bond donors (Lipinski definition) is 1. The van der Waals surface area contributed by atoms with Gasteiger partial charge in [-0.3, -0.25) is 4.98 Å². The molecule has 1 N–H and O–H groups in total. The fourth-order valence-corrected chi connectivity index (χ4v) is 3.77. The SMILES string of the molecule is CCCNC(C)c1ccc(SC2CCCCC2)cn1. The first kappa shape index (κ1) is 14.9. The van der Waals surface area contributed by atoms with Gasteiger partial charge in [0.15, 0.2) is 0 Å². The highest BCUT2D eigenvalue weighted by Crippen LogP contribution is 2.33. The van der Waals surface area contributed by atoms with Crippen molar-refractivity contribution in [2.45, 2.75) is 68.6 Å². The normalized spacial score (nSPS) is 18.4. The molecule has 1 heterocycles. The molecule has 1 aromatic rings. The summed E-state index contributed by atoms with van der Waals surface area (Å²) in [6.07, 6.45) is 10.2. The predicted octanol–water partition coefficient (Wildman–Crippen LogP) is 4.57. The van der Waals surface area contributed by atoms with Crippen LogP contribution in [0.25, 0.3) is 0 Å². The van der Waals surface area contributed by atoms with Crippen molar-refractivity contribution in [3.8, 4) is 0 Å². The van der Waals surface area contributed by atoms with E-state index in [9.17, 15) is 0 Å². The van der Waals surface area contributed by atoms with Gasteiger partial charge in [0.1, 0.15) is 0 Å². The zero-order valence-electron chi connectivity index (χ0n) is 12.2. The molecule has 1 saturated carbocycles. The summed E-state index contributed by atoms with van der Waals surface area (Å²) in [4.78, 5) is 5.95. The van der Waals surface area contributed by atoms with E-state index in [2.05, 4.69) is 42.5 Å². The van der Waals surface area contributed by atoms with Gasteiger partial charge in [-0.15, -0.1) is 11.8 Å². The topological polar surface area (TPSA) is 24.9 Å². The molecule has 106 valence electrons. The highest BCUT2D eigenvalue weighted by Gasteiger charge is 2.15. The molecule has 1 aliphatic carbocycles. The largest absolute Gasteiger partial charge is 0.309 e. The number of thioether (sulfide) groups is 1. The Hall–Kier alpha value is -0.540. The number of nitrogens with zero attached hydrogens (tertiary/aromatic N) is 1. The Bertz CT molecular complexity index is 358. The van der Waals surface area contributed by atoms with Crippen LogP contribution in [0.5, 0.6) is 0 Å². The van der Waals surface area contributed by atoms with E-state index >= 15 is 0 Å². The van der Waals surface area contributed by atoms with Crippen LogP contribution < -0.4 is 5.32 Å².